The predicted octanol–water partition coefficient (Wildman–Crippen LogP) is 5.92. The number of ether oxygens (including phenoxy) is 1. The number of hydrogen-bond donors (Lipinski definition) is 1. The molecule has 1 aliphatic heterocycles. The first-order chi connectivity index (χ1) is 17.0. The van der Waals surface area contributed by atoms with Gasteiger partial charge in [0.05, 0.1) is 18.7 Å². The Morgan fingerprint density at radius 1 is 1.00 bits per heavy atom. The Morgan fingerprint density at radius 3 is 2.51 bits per heavy atom. The van der Waals surface area contributed by atoms with Crippen LogP contribution in [0.25, 0.3) is 17.0 Å². The fourth-order valence-corrected chi connectivity index (χ4v) is 4.55. The maximum Gasteiger partial charge on any atom is 0.258 e. The molecule has 5 rings (SSSR count). The molecule has 0 bridgehead atoms. The van der Waals surface area contributed by atoms with Crippen LogP contribution in [-0.2, 0) is 6.54 Å². The molecule has 6 nitrogen and oxygen atoms in total. The van der Waals surface area contributed by atoms with Crippen LogP contribution in [0.3, 0.4) is 0 Å². The van der Waals surface area contributed by atoms with Crippen LogP contribution in [0.1, 0.15) is 35.5 Å². The first-order valence-corrected chi connectivity index (χ1v) is 11.8. The molecule has 35 heavy (non-hydrogen) atoms. The van der Waals surface area contributed by atoms with Gasteiger partial charge in [-0.2, -0.15) is 4.98 Å². The van der Waals surface area contributed by atoms with E-state index in [0.717, 1.165) is 33.7 Å². The molecule has 0 spiro atoms. The van der Waals surface area contributed by atoms with E-state index in [1.807, 2.05) is 54.6 Å². The third kappa shape index (κ3) is 4.68. The molecule has 2 heterocycles. The molecule has 1 unspecified atom stereocenters. The van der Waals surface area contributed by atoms with Crippen LogP contribution < -0.4 is 10.1 Å². The lowest BCUT2D eigenvalue weighted by molar-refractivity contribution is 0.395. The number of aryl methyl sites for hydroxylation is 1. The van der Waals surface area contributed by atoms with Crippen LogP contribution in [0.4, 0.5) is 0 Å². The van der Waals surface area contributed by atoms with Crippen LogP contribution in [0.2, 0.25) is 0 Å². The van der Waals surface area contributed by atoms with E-state index in [1.165, 1.54) is 5.56 Å². The maximum atomic E-state index is 5.83. The number of rotatable bonds is 6. The molecule has 4 aromatic rings. The third-order valence-electron chi connectivity index (χ3n) is 6.17. The van der Waals surface area contributed by atoms with Gasteiger partial charge in [-0.3, -0.25) is 0 Å². The number of hydrogen-bond acceptors (Lipinski definition) is 5. The highest BCUT2D eigenvalue weighted by molar-refractivity contribution is 7.80. The van der Waals surface area contributed by atoms with Crippen molar-refractivity contribution in [1.29, 1.82) is 0 Å². The van der Waals surface area contributed by atoms with Crippen molar-refractivity contribution >= 4 is 22.9 Å². The first kappa shape index (κ1) is 22.8. The molecule has 0 radical (unpaired) electrons. The minimum absolute atomic E-state index is 0.268. The van der Waals surface area contributed by atoms with E-state index in [-0.39, 0.29) is 6.04 Å². The van der Waals surface area contributed by atoms with Crippen molar-refractivity contribution in [2.24, 2.45) is 0 Å². The van der Waals surface area contributed by atoms with E-state index in [2.05, 4.69) is 53.5 Å². The number of allylic oxidation sites excluding steroid dienone is 1. The Kier molecular flexibility index (Phi) is 6.33. The Hall–Kier alpha value is -3.97. The quantitative estimate of drug-likeness (QED) is 0.343. The molecule has 0 amide bonds. The molecule has 1 aromatic heterocycles. The van der Waals surface area contributed by atoms with Gasteiger partial charge in [0.1, 0.15) is 5.75 Å². The lowest BCUT2D eigenvalue weighted by atomic mass is 9.94. The lowest BCUT2D eigenvalue weighted by Gasteiger charge is -2.37. The van der Waals surface area contributed by atoms with Crippen molar-refractivity contribution < 1.29 is 9.26 Å². The Labute approximate surface area is 210 Å². The normalized spacial score (nSPS) is 15.8. The van der Waals surface area contributed by atoms with Gasteiger partial charge in [0.15, 0.2) is 5.11 Å². The third-order valence-corrected chi connectivity index (χ3v) is 6.51. The average molecular weight is 483 g/mol. The summed E-state index contributed by atoms with van der Waals surface area (Å²) in [6.45, 7) is 4.76. The zero-order valence-corrected chi connectivity index (χ0v) is 20.7. The summed E-state index contributed by atoms with van der Waals surface area (Å²) in [5, 5.41) is 8.42. The van der Waals surface area contributed by atoms with Gasteiger partial charge in [-0.25, -0.2) is 0 Å². The minimum atomic E-state index is -0.268. The molecule has 1 N–H and O–H groups in total. The fourth-order valence-electron chi connectivity index (χ4n) is 4.23. The lowest BCUT2D eigenvalue weighted by Crippen LogP contribution is -2.45. The molecule has 1 atom stereocenters. The Bertz CT molecular complexity index is 1380. The standard InChI is InChI=1S/C28H26N4O2S/c1-18-12-14-20(15-13-18)17-32-19(2)24(27-30-26(31-34-27)21-8-5-4-6-9-21)25(29-28(32)35)22-10-7-11-23(16-22)33-3/h4-16,25H,17H2,1-3H3,(H,29,35). The number of aromatic nitrogens is 2. The monoisotopic (exact) mass is 482 g/mol. The van der Waals surface area contributed by atoms with Crippen molar-refractivity contribution in [3.05, 3.63) is 107 Å². The zero-order chi connectivity index (χ0) is 24.4. The molecule has 7 heteroatoms. The summed E-state index contributed by atoms with van der Waals surface area (Å²) in [6, 6.07) is 25.9. The average Bonchev–Trinajstić information content (AvgIpc) is 3.37. The smallest absolute Gasteiger partial charge is 0.258 e. The van der Waals surface area contributed by atoms with Crippen LogP contribution in [0.15, 0.2) is 89.1 Å². The molecule has 1 aliphatic rings. The van der Waals surface area contributed by atoms with E-state index >= 15 is 0 Å². The first-order valence-electron chi connectivity index (χ1n) is 11.4. The second kappa shape index (κ2) is 9.72. The van der Waals surface area contributed by atoms with Gasteiger partial charge in [-0.05, 0) is 49.3 Å². The second-order valence-corrected chi connectivity index (χ2v) is 8.91. The van der Waals surface area contributed by atoms with Crippen molar-refractivity contribution in [2.75, 3.05) is 7.11 Å². The van der Waals surface area contributed by atoms with Crippen LogP contribution >= 0.6 is 12.2 Å². The van der Waals surface area contributed by atoms with E-state index in [1.54, 1.807) is 7.11 Å². The second-order valence-electron chi connectivity index (χ2n) is 8.52. The van der Waals surface area contributed by atoms with Gasteiger partial charge in [0, 0.05) is 17.8 Å². The number of nitrogens with one attached hydrogen (secondary N) is 1. The maximum absolute atomic E-state index is 5.83. The summed E-state index contributed by atoms with van der Waals surface area (Å²) in [5.41, 5.74) is 6.12. The van der Waals surface area contributed by atoms with Gasteiger partial charge < -0.3 is 19.5 Å². The topological polar surface area (TPSA) is 63.4 Å². The molecule has 0 aliphatic carbocycles. The largest absolute Gasteiger partial charge is 0.497 e. The number of benzene rings is 3. The van der Waals surface area contributed by atoms with E-state index < -0.39 is 0 Å². The van der Waals surface area contributed by atoms with Crippen molar-refractivity contribution in [3.8, 4) is 17.1 Å². The zero-order valence-electron chi connectivity index (χ0n) is 19.9. The molecular formula is C28H26N4O2S. The summed E-state index contributed by atoms with van der Waals surface area (Å²) in [5.74, 6) is 1.77. The molecule has 0 fully saturated rings. The summed E-state index contributed by atoms with van der Waals surface area (Å²) < 4.78 is 11.3. The number of nitrogens with zero attached hydrogens (tertiary/aromatic N) is 3. The van der Waals surface area contributed by atoms with Gasteiger partial charge in [0.25, 0.3) is 5.89 Å². The highest BCUT2D eigenvalue weighted by Crippen LogP contribution is 2.38. The number of thiocarbonyl (C=S) groups is 1. The van der Waals surface area contributed by atoms with Gasteiger partial charge in [-0.15, -0.1) is 0 Å². The molecule has 3 aromatic carbocycles. The van der Waals surface area contributed by atoms with E-state index in [9.17, 15) is 0 Å². The van der Waals surface area contributed by atoms with Crippen molar-refractivity contribution in [1.82, 2.24) is 20.4 Å². The summed E-state index contributed by atoms with van der Waals surface area (Å²) in [6.07, 6.45) is 0. The van der Waals surface area contributed by atoms with Crippen molar-refractivity contribution in [3.63, 3.8) is 0 Å². The summed E-state index contributed by atoms with van der Waals surface area (Å²) >= 11 is 5.83. The highest BCUT2D eigenvalue weighted by Gasteiger charge is 2.34. The van der Waals surface area contributed by atoms with Gasteiger partial charge in [0.2, 0.25) is 5.82 Å². The van der Waals surface area contributed by atoms with Crippen molar-refractivity contribution in [2.45, 2.75) is 26.4 Å². The van der Waals surface area contributed by atoms with Gasteiger partial charge in [-0.1, -0.05) is 77.5 Å². The van der Waals surface area contributed by atoms with E-state index in [4.69, 9.17) is 26.5 Å². The highest BCUT2D eigenvalue weighted by atomic mass is 32.1. The minimum Gasteiger partial charge on any atom is -0.497 e. The molecule has 0 saturated heterocycles. The van der Waals surface area contributed by atoms with Crippen LogP contribution in [0.5, 0.6) is 5.75 Å². The Balaban J connectivity index is 1.60. The molecular weight excluding hydrogens is 456 g/mol. The number of methoxy groups -OCH3 is 1. The predicted molar refractivity (Wildman–Crippen MR) is 141 cm³/mol. The van der Waals surface area contributed by atoms with Crippen LogP contribution in [0, 0.1) is 6.92 Å². The van der Waals surface area contributed by atoms with Gasteiger partial charge >= 0.3 is 0 Å². The summed E-state index contributed by atoms with van der Waals surface area (Å²) in [4.78, 5) is 6.86. The Morgan fingerprint density at radius 2 is 1.77 bits per heavy atom. The fraction of sp³-hybridized carbons (Fsp3) is 0.179. The van der Waals surface area contributed by atoms with E-state index in [0.29, 0.717) is 23.4 Å². The summed E-state index contributed by atoms with van der Waals surface area (Å²) in [7, 11) is 1.66. The SMILES string of the molecule is COc1cccc(C2NC(=S)N(Cc3ccc(C)cc3)C(C)=C2c2nc(-c3ccccc3)no2)c1. The van der Waals surface area contributed by atoms with Crippen LogP contribution in [-0.4, -0.2) is 27.3 Å². The molecule has 0 saturated carbocycles. The molecule has 176 valence electrons.